The quantitative estimate of drug-likeness (QED) is 0.280. The summed E-state index contributed by atoms with van der Waals surface area (Å²) in [5.41, 5.74) is -5.45. The predicted octanol–water partition coefficient (Wildman–Crippen LogP) is 6.37. The van der Waals surface area contributed by atoms with E-state index in [1.165, 1.54) is 30.6 Å². The number of carbonyl (C=O) groups excluding carboxylic acids is 1. The van der Waals surface area contributed by atoms with E-state index in [2.05, 4.69) is 15.5 Å². The molecular weight excluding hydrogens is 511 g/mol. The molecule has 0 fully saturated rings. The highest BCUT2D eigenvalue weighted by Gasteiger charge is 2.62. The molecule has 1 unspecified atom stereocenters. The second kappa shape index (κ2) is 9.46. The predicted molar refractivity (Wildman–Crippen MR) is 114 cm³/mol. The normalized spacial score (nSPS) is 18.7. The summed E-state index contributed by atoms with van der Waals surface area (Å²) in [6.07, 6.45) is -9.92. The molecule has 182 valence electrons. The smallest absolute Gasteiger partial charge is 0.374 e. The summed E-state index contributed by atoms with van der Waals surface area (Å²) < 4.78 is 82.4. The molecular formula is C21H15Cl2F6N3O2. The van der Waals surface area contributed by atoms with Crippen molar-refractivity contribution < 1.29 is 36.0 Å². The van der Waals surface area contributed by atoms with E-state index >= 15 is 0 Å². The van der Waals surface area contributed by atoms with E-state index in [1.54, 1.807) is 6.92 Å². The van der Waals surface area contributed by atoms with Crippen LogP contribution < -0.4 is 5.32 Å². The van der Waals surface area contributed by atoms with Gasteiger partial charge in [0.05, 0.1) is 27.7 Å². The molecule has 5 nitrogen and oxygen atoms in total. The van der Waals surface area contributed by atoms with Crippen molar-refractivity contribution >= 4 is 41.2 Å². The average Bonchev–Trinajstić information content (AvgIpc) is 3.22. The Morgan fingerprint density at radius 1 is 1.18 bits per heavy atom. The fraction of sp³-hybridized carbons (Fsp3) is 0.286. The van der Waals surface area contributed by atoms with Crippen molar-refractivity contribution in [3.05, 3.63) is 68.7 Å². The first-order valence-corrected chi connectivity index (χ1v) is 10.3. The molecule has 3 rings (SSSR count). The number of rotatable bonds is 5. The lowest BCUT2D eigenvalue weighted by atomic mass is 9.85. The first-order valence-electron chi connectivity index (χ1n) is 9.58. The number of nitrogens with one attached hydrogen (secondary N) is 1. The second-order valence-corrected chi connectivity index (χ2v) is 7.91. The van der Waals surface area contributed by atoms with Gasteiger partial charge in [0.25, 0.3) is 11.5 Å². The van der Waals surface area contributed by atoms with Crippen LogP contribution in [0.5, 0.6) is 0 Å². The van der Waals surface area contributed by atoms with Crippen molar-refractivity contribution in [3.63, 3.8) is 0 Å². The zero-order valence-corrected chi connectivity index (χ0v) is 18.7. The molecule has 0 bridgehead atoms. The standard InChI is InChI=1S/C21H15Cl2F6N3O2/c1-2-30-10-31-18(33)12-5-3-11(4-6-12)16-9-19(34-32-16,21(27,28)29)13-7-14(20(24,25)26)17(23)15(22)8-13/h3-8,10H,2,9H2,1H3,(H,30,31,33). The highest BCUT2D eigenvalue weighted by atomic mass is 35.5. The van der Waals surface area contributed by atoms with E-state index in [9.17, 15) is 31.1 Å². The number of aliphatic imine (C=N–C) groups is 1. The third-order valence-corrected chi connectivity index (χ3v) is 5.74. The molecule has 1 aliphatic rings. The molecule has 0 radical (unpaired) electrons. The van der Waals surface area contributed by atoms with E-state index in [4.69, 9.17) is 28.0 Å². The van der Waals surface area contributed by atoms with Gasteiger partial charge in [0.15, 0.2) is 0 Å². The number of halogens is 8. The molecule has 0 spiro atoms. The van der Waals surface area contributed by atoms with Gasteiger partial charge in [-0.1, -0.05) is 40.5 Å². The van der Waals surface area contributed by atoms with Crippen LogP contribution in [-0.2, 0) is 16.6 Å². The van der Waals surface area contributed by atoms with Gasteiger partial charge in [0.2, 0.25) is 0 Å². The number of alkyl halides is 6. The lowest BCUT2D eigenvalue weighted by Crippen LogP contribution is -2.43. The molecule has 34 heavy (non-hydrogen) atoms. The lowest BCUT2D eigenvalue weighted by molar-refractivity contribution is -0.276. The SMILES string of the molecule is CC/N=C\NC(=O)c1ccc(C2=NOC(c3cc(Cl)c(Cl)c(C(F)(F)F)c3)(C(F)(F)F)C2)cc1. The van der Waals surface area contributed by atoms with Gasteiger partial charge in [-0.05, 0) is 36.8 Å². The minimum atomic E-state index is -5.16. The van der Waals surface area contributed by atoms with E-state index in [0.29, 0.717) is 12.6 Å². The van der Waals surface area contributed by atoms with Gasteiger partial charge in [-0.15, -0.1) is 0 Å². The fourth-order valence-corrected chi connectivity index (χ4v) is 3.62. The molecule has 1 heterocycles. The molecule has 1 aliphatic heterocycles. The molecule has 0 saturated carbocycles. The van der Waals surface area contributed by atoms with E-state index in [1.807, 2.05) is 0 Å². The van der Waals surface area contributed by atoms with Crippen LogP contribution in [0.2, 0.25) is 10.0 Å². The summed E-state index contributed by atoms with van der Waals surface area (Å²) in [6, 6.07) is 6.32. The molecule has 1 N–H and O–H groups in total. The van der Waals surface area contributed by atoms with Gasteiger partial charge in [-0.3, -0.25) is 9.79 Å². The Morgan fingerprint density at radius 3 is 2.38 bits per heavy atom. The third-order valence-electron chi connectivity index (χ3n) is 4.94. The van der Waals surface area contributed by atoms with Gasteiger partial charge in [0.1, 0.15) is 0 Å². The van der Waals surface area contributed by atoms with Crippen LogP contribution in [0.15, 0.2) is 46.5 Å². The molecule has 2 aromatic rings. The summed E-state index contributed by atoms with van der Waals surface area (Å²) in [7, 11) is 0. The maximum absolute atomic E-state index is 14.1. The monoisotopic (exact) mass is 525 g/mol. The number of carbonyl (C=O) groups is 1. The molecule has 0 aliphatic carbocycles. The minimum absolute atomic E-state index is 0.181. The summed E-state index contributed by atoms with van der Waals surface area (Å²) in [4.78, 5) is 20.6. The van der Waals surface area contributed by atoms with Gasteiger partial charge in [-0.25, -0.2) is 0 Å². The Bertz CT molecular complexity index is 1150. The van der Waals surface area contributed by atoms with Crippen LogP contribution in [0.4, 0.5) is 26.3 Å². The van der Waals surface area contributed by atoms with Gasteiger partial charge in [-0.2, -0.15) is 26.3 Å². The summed E-state index contributed by atoms with van der Waals surface area (Å²) in [5.74, 6) is -0.492. The first kappa shape index (κ1) is 25.8. The number of nitrogens with zero attached hydrogens (tertiary/aromatic N) is 2. The number of benzene rings is 2. The molecule has 13 heteroatoms. The van der Waals surface area contributed by atoms with Crippen molar-refractivity contribution in [2.75, 3.05) is 6.54 Å². The van der Waals surface area contributed by atoms with Crippen molar-refractivity contribution in [1.82, 2.24) is 5.32 Å². The fourth-order valence-electron chi connectivity index (χ4n) is 3.18. The maximum atomic E-state index is 14.1. The Morgan fingerprint density at radius 2 is 1.82 bits per heavy atom. The van der Waals surface area contributed by atoms with E-state index < -0.39 is 51.5 Å². The Balaban J connectivity index is 1.94. The Labute approximate surface area is 199 Å². The highest BCUT2D eigenvalue weighted by Crippen LogP contribution is 2.51. The van der Waals surface area contributed by atoms with Crippen molar-refractivity contribution in [3.8, 4) is 0 Å². The van der Waals surface area contributed by atoms with Crippen molar-refractivity contribution in [2.45, 2.75) is 31.3 Å². The summed E-state index contributed by atoms with van der Waals surface area (Å²) >= 11 is 11.3. The minimum Gasteiger partial charge on any atom is -0.374 e. The summed E-state index contributed by atoms with van der Waals surface area (Å²) in [5, 5.41) is 4.28. The highest BCUT2D eigenvalue weighted by molar-refractivity contribution is 6.42. The zero-order chi connectivity index (χ0) is 25.3. The van der Waals surface area contributed by atoms with Crippen LogP contribution >= 0.6 is 23.2 Å². The van der Waals surface area contributed by atoms with Crippen LogP contribution in [-0.4, -0.2) is 30.7 Å². The van der Waals surface area contributed by atoms with Gasteiger partial charge < -0.3 is 10.2 Å². The number of hydrogen-bond acceptors (Lipinski definition) is 4. The van der Waals surface area contributed by atoms with E-state index in [-0.39, 0.29) is 22.9 Å². The topological polar surface area (TPSA) is 63.0 Å². The number of amides is 1. The number of hydrogen-bond donors (Lipinski definition) is 1. The zero-order valence-electron chi connectivity index (χ0n) is 17.2. The van der Waals surface area contributed by atoms with Gasteiger partial charge in [0, 0.05) is 24.1 Å². The van der Waals surface area contributed by atoms with Crippen molar-refractivity contribution in [2.24, 2.45) is 10.1 Å². The molecule has 0 aromatic heterocycles. The molecule has 2 aromatic carbocycles. The maximum Gasteiger partial charge on any atom is 0.435 e. The molecule has 1 atom stereocenters. The van der Waals surface area contributed by atoms with Gasteiger partial charge >= 0.3 is 12.4 Å². The Kier molecular flexibility index (Phi) is 7.18. The third kappa shape index (κ3) is 5.00. The lowest BCUT2D eigenvalue weighted by Gasteiger charge is -2.30. The summed E-state index contributed by atoms with van der Waals surface area (Å²) in [6.45, 7) is 2.23. The van der Waals surface area contributed by atoms with E-state index in [0.717, 1.165) is 0 Å². The van der Waals surface area contributed by atoms with Crippen molar-refractivity contribution in [1.29, 1.82) is 0 Å². The second-order valence-electron chi connectivity index (χ2n) is 7.13. The largest absolute Gasteiger partial charge is 0.435 e. The van der Waals surface area contributed by atoms with Crippen LogP contribution in [0.25, 0.3) is 0 Å². The Hall–Kier alpha value is -2.79. The number of oxime groups is 1. The first-order chi connectivity index (χ1) is 15.8. The van der Waals surface area contributed by atoms with Crippen LogP contribution in [0.1, 0.15) is 40.4 Å². The average molecular weight is 526 g/mol. The van der Waals surface area contributed by atoms with Crippen LogP contribution in [0, 0.1) is 0 Å². The van der Waals surface area contributed by atoms with Crippen LogP contribution in [0.3, 0.4) is 0 Å². The molecule has 0 saturated heterocycles. The molecule has 1 amide bonds.